The van der Waals surface area contributed by atoms with Crippen LogP contribution in [0.1, 0.15) is 36.8 Å². The van der Waals surface area contributed by atoms with Crippen molar-refractivity contribution < 1.29 is 4.79 Å². The first-order chi connectivity index (χ1) is 14.5. The molecule has 2 fully saturated rings. The Bertz CT molecular complexity index is 822. The topological polar surface area (TPSA) is 48.5 Å². The highest BCUT2D eigenvalue weighted by Gasteiger charge is 2.34. The molecule has 4 rings (SSSR count). The molecule has 1 unspecified atom stereocenters. The fourth-order valence-electron chi connectivity index (χ4n) is 4.22. The molecular weight excluding hydrogens is 392 g/mol. The molecule has 2 aliphatic rings. The van der Waals surface area contributed by atoms with E-state index in [2.05, 4.69) is 65.4 Å². The Balaban J connectivity index is 1.23. The van der Waals surface area contributed by atoms with Crippen molar-refractivity contribution in [2.75, 3.05) is 38.5 Å². The number of amides is 1. The lowest BCUT2D eigenvalue weighted by Crippen LogP contribution is -2.54. The maximum Gasteiger partial charge on any atom is 0.240 e. The van der Waals surface area contributed by atoms with Gasteiger partial charge in [-0.15, -0.1) is 11.8 Å². The molecule has 30 heavy (non-hydrogen) atoms. The van der Waals surface area contributed by atoms with E-state index >= 15 is 0 Å². The molecule has 2 aromatic rings. The number of hydrogen-bond donors (Lipinski definition) is 1. The van der Waals surface area contributed by atoms with Crippen LogP contribution in [0.15, 0.2) is 54.9 Å². The number of carbonyl (C=O) groups excluding carboxylic acids is 1. The summed E-state index contributed by atoms with van der Waals surface area (Å²) < 4.78 is 0. The minimum absolute atomic E-state index is 0.0937. The second kappa shape index (κ2) is 9.50. The summed E-state index contributed by atoms with van der Waals surface area (Å²) in [6.07, 6.45) is 4.79. The highest BCUT2D eigenvalue weighted by Crippen LogP contribution is 2.33. The maximum atomic E-state index is 13.0. The number of rotatable bonds is 6. The van der Waals surface area contributed by atoms with Crippen LogP contribution in [0.4, 0.5) is 0 Å². The fourth-order valence-corrected chi connectivity index (χ4v) is 5.44. The Hall–Kier alpha value is -1.89. The predicted octanol–water partition coefficient (Wildman–Crippen LogP) is 3.30. The average Bonchev–Trinajstić information content (AvgIpc) is 3.29. The van der Waals surface area contributed by atoms with Gasteiger partial charge in [0.1, 0.15) is 0 Å². The smallest absolute Gasteiger partial charge is 0.240 e. The van der Waals surface area contributed by atoms with E-state index in [-0.39, 0.29) is 22.7 Å². The van der Waals surface area contributed by atoms with Gasteiger partial charge in [0, 0.05) is 44.3 Å². The van der Waals surface area contributed by atoms with Crippen LogP contribution in [0.5, 0.6) is 0 Å². The molecule has 2 atom stereocenters. The third-order valence-corrected chi connectivity index (χ3v) is 7.63. The number of carbonyl (C=O) groups is 1. The molecule has 1 aromatic heterocycles. The largest absolute Gasteiger partial charge is 0.339 e. The van der Waals surface area contributed by atoms with Gasteiger partial charge in [-0.25, -0.2) is 0 Å². The molecule has 0 radical (unpaired) electrons. The molecule has 0 spiro atoms. The second-order valence-corrected chi connectivity index (χ2v) is 10.0. The Kier molecular flexibility index (Phi) is 6.76. The Morgan fingerprint density at radius 2 is 1.90 bits per heavy atom. The van der Waals surface area contributed by atoms with Gasteiger partial charge in [0.25, 0.3) is 0 Å². The quantitative estimate of drug-likeness (QED) is 0.771. The zero-order valence-corrected chi connectivity index (χ0v) is 18.8. The molecular formula is C24H32N4OS. The molecule has 3 heterocycles. The Labute approximate surface area is 184 Å². The van der Waals surface area contributed by atoms with Crippen molar-refractivity contribution in [2.45, 2.75) is 37.1 Å². The van der Waals surface area contributed by atoms with Gasteiger partial charge < -0.3 is 4.90 Å². The van der Waals surface area contributed by atoms with Crippen molar-refractivity contribution in [1.29, 1.82) is 0 Å². The second-order valence-electron chi connectivity index (χ2n) is 8.89. The standard InChI is InChI=1S/C24H32N4OS/c1-24(2,20-8-4-3-5-9-20)10-12-27-13-15-28(16-14-27)23(29)21-18-30-22(26-21)19-7-6-11-25-17-19/h3-9,11,17,21-22,26H,10,12-16,18H2,1-2H3/t21-,22?/m0/s1. The average molecular weight is 425 g/mol. The summed E-state index contributed by atoms with van der Waals surface area (Å²) in [6.45, 7) is 9.29. The summed E-state index contributed by atoms with van der Waals surface area (Å²) in [7, 11) is 0. The molecule has 0 bridgehead atoms. The minimum atomic E-state index is -0.0937. The molecule has 1 aromatic carbocycles. The van der Waals surface area contributed by atoms with Gasteiger partial charge in [-0.05, 0) is 35.6 Å². The third kappa shape index (κ3) is 5.05. The van der Waals surface area contributed by atoms with E-state index in [9.17, 15) is 4.79 Å². The molecule has 5 nitrogen and oxygen atoms in total. The zero-order valence-electron chi connectivity index (χ0n) is 18.0. The highest BCUT2D eigenvalue weighted by atomic mass is 32.2. The van der Waals surface area contributed by atoms with Crippen molar-refractivity contribution in [3.63, 3.8) is 0 Å². The van der Waals surface area contributed by atoms with Gasteiger partial charge in [-0.1, -0.05) is 50.2 Å². The summed E-state index contributed by atoms with van der Waals surface area (Å²) in [5.74, 6) is 1.07. The summed E-state index contributed by atoms with van der Waals surface area (Å²) in [5.41, 5.74) is 2.70. The maximum absolute atomic E-state index is 13.0. The number of piperazine rings is 1. The highest BCUT2D eigenvalue weighted by molar-refractivity contribution is 7.99. The number of nitrogens with zero attached hydrogens (tertiary/aromatic N) is 3. The van der Waals surface area contributed by atoms with Crippen LogP contribution in [0.25, 0.3) is 0 Å². The molecule has 0 saturated carbocycles. The lowest BCUT2D eigenvalue weighted by Gasteiger charge is -2.37. The van der Waals surface area contributed by atoms with Gasteiger partial charge in [-0.2, -0.15) is 0 Å². The van der Waals surface area contributed by atoms with Crippen LogP contribution >= 0.6 is 11.8 Å². The summed E-state index contributed by atoms with van der Waals surface area (Å²) >= 11 is 1.80. The SMILES string of the molecule is CC(C)(CCN1CCN(C(=O)[C@@H]2CSC(c3cccnc3)N2)CC1)c1ccccc1. The van der Waals surface area contributed by atoms with Crippen molar-refractivity contribution >= 4 is 17.7 Å². The third-order valence-electron chi connectivity index (χ3n) is 6.36. The summed E-state index contributed by atoms with van der Waals surface area (Å²) in [6, 6.07) is 14.7. The number of nitrogens with one attached hydrogen (secondary N) is 1. The summed E-state index contributed by atoms with van der Waals surface area (Å²) in [4.78, 5) is 21.7. The molecule has 160 valence electrons. The van der Waals surface area contributed by atoms with Crippen molar-refractivity contribution in [3.8, 4) is 0 Å². The minimum Gasteiger partial charge on any atom is -0.339 e. The van der Waals surface area contributed by atoms with Crippen LogP contribution in [0.2, 0.25) is 0 Å². The van der Waals surface area contributed by atoms with E-state index in [1.165, 1.54) is 5.56 Å². The van der Waals surface area contributed by atoms with Crippen molar-refractivity contribution in [2.24, 2.45) is 0 Å². The first-order valence-electron chi connectivity index (χ1n) is 10.9. The number of aromatic nitrogens is 1. The van der Waals surface area contributed by atoms with Crippen molar-refractivity contribution in [3.05, 3.63) is 66.0 Å². The van der Waals surface area contributed by atoms with E-state index in [4.69, 9.17) is 0 Å². The van der Waals surface area contributed by atoms with Crippen LogP contribution in [-0.2, 0) is 10.2 Å². The molecule has 1 N–H and O–H groups in total. The van der Waals surface area contributed by atoms with Crippen LogP contribution < -0.4 is 5.32 Å². The van der Waals surface area contributed by atoms with Gasteiger partial charge in [0.15, 0.2) is 0 Å². The lowest BCUT2D eigenvalue weighted by atomic mass is 9.81. The number of hydrogen-bond acceptors (Lipinski definition) is 5. The number of thioether (sulfide) groups is 1. The van der Waals surface area contributed by atoms with Crippen molar-refractivity contribution in [1.82, 2.24) is 20.1 Å². The van der Waals surface area contributed by atoms with Crippen LogP contribution in [0.3, 0.4) is 0 Å². The number of benzene rings is 1. The van der Waals surface area contributed by atoms with Crippen LogP contribution in [0, 0.1) is 0 Å². The predicted molar refractivity (Wildman–Crippen MR) is 123 cm³/mol. The zero-order chi connectivity index (χ0) is 21.0. The van der Waals surface area contributed by atoms with E-state index in [1.54, 1.807) is 18.0 Å². The van der Waals surface area contributed by atoms with Gasteiger partial charge in [0.05, 0.1) is 11.4 Å². The van der Waals surface area contributed by atoms with Crippen LogP contribution in [-0.4, -0.2) is 65.2 Å². The molecule has 1 amide bonds. The van der Waals surface area contributed by atoms with Gasteiger partial charge in [0.2, 0.25) is 5.91 Å². The number of pyridine rings is 1. The Morgan fingerprint density at radius 1 is 1.13 bits per heavy atom. The normalized spacial score (nSPS) is 22.9. The molecule has 2 aliphatic heterocycles. The molecule has 6 heteroatoms. The van der Waals surface area contributed by atoms with E-state index in [1.807, 2.05) is 17.2 Å². The summed E-state index contributed by atoms with van der Waals surface area (Å²) in [5, 5.41) is 3.66. The Morgan fingerprint density at radius 3 is 2.60 bits per heavy atom. The van der Waals surface area contributed by atoms with E-state index in [0.717, 1.165) is 50.5 Å². The lowest BCUT2D eigenvalue weighted by molar-refractivity contribution is -0.134. The van der Waals surface area contributed by atoms with Gasteiger partial charge >= 0.3 is 0 Å². The monoisotopic (exact) mass is 424 g/mol. The first-order valence-corrected chi connectivity index (χ1v) is 11.9. The van der Waals surface area contributed by atoms with E-state index < -0.39 is 0 Å². The molecule has 0 aliphatic carbocycles. The first kappa shape index (κ1) is 21.3. The van der Waals surface area contributed by atoms with E-state index in [0.29, 0.717) is 0 Å². The molecule has 2 saturated heterocycles. The van der Waals surface area contributed by atoms with Gasteiger partial charge in [-0.3, -0.25) is 20.0 Å². The fraction of sp³-hybridized carbons (Fsp3) is 0.500.